The third-order valence-electron chi connectivity index (χ3n) is 2.42. The van der Waals surface area contributed by atoms with Crippen LogP contribution in [0.5, 0.6) is 5.75 Å². The maximum Gasteiger partial charge on any atom is 0.405 e. The van der Waals surface area contributed by atoms with Gasteiger partial charge in [-0.25, -0.2) is 4.79 Å². The van der Waals surface area contributed by atoms with E-state index in [1.54, 1.807) is 18.2 Å². The zero-order chi connectivity index (χ0) is 12.3. The molecule has 0 spiro atoms. The Morgan fingerprint density at radius 3 is 2.94 bits per heavy atom. The molecule has 0 atom stereocenters. The number of benzene rings is 1. The van der Waals surface area contributed by atoms with Crippen molar-refractivity contribution in [3.8, 4) is 5.75 Å². The number of hydrogen-bond donors (Lipinski definition) is 2. The van der Waals surface area contributed by atoms with Crippen molar-refractivity contribution in [3.05, 3.63) is 24.3 Å². The monoisotopic (exact) mass is 236 g/mol. The summed E-state index contributed by atoms with van der Waals surface area (Å²) in [5.41, 5.74) is 0.677. The van der Waals surface area contributed by atoms with Gasteiger partial charge in [0, 0.05) is 0 Å². The number of amides is 2. The number of carboxylic acid groups (broad SMARTS) is 1. The number of anilines is 1. The van der Waals surface area contributed by atoms with Gasteiger partial charge in [0.1, 0.15) is 18.9 Å². The van der Waals surface area contributed by atoms with Crippen molar-refractivity contribution in [2.45, 2.75) is 0 Å². The topological polar surface area (TPSA) is 78.9 Å². The highest BCUT2D eigenvalue weighted by Crippen LogP contribution is 2.30. The Hall–Kier alpha value is -2.24. The fourth-order valence-electron chi connectivity index (χ4n) is 1.68. The first kappa shape index (κ1) is 11.3. The van der Waals surface area contributed by atoms with Gasteiger partial charge in [-0.2, -0.15) is 0 Å². The summed E-state index contributed by atoms with van der Waals surface area (Å²) in [7, 11) is 0. The van der Waals surface area contributed by atoms with Gasteiger partial charge in [-0.05, 0) is 12.1 Å². The molecule has 0 saturated heterocycles. The van der Waals surface area contributed by atoms with E-state index < -0.39 is 6.09 Å². The molecule has 1 aliphatic heterocycles. The molecule has 6 nitrogen and oxygen atoms in total. The summed E-state index contributed by atoms with van der Waals surface area (Å²) in [5.74, 6) is 0.352. The van der Waals surface area contributed by atoms with E-state index in [0.717, 1.165) is 0 Å². The van der Waals surface area contributed by atoms with E-state index in [9.17, 15) is 9.59 Å². The van der Waals surface area contributed by atoms with Crippen LogP contribution < -0.4 is 15.0 Å². The fraction of sp³-hybridized carbons (Fsp3) is 0.273. The molecule has 2 rings (SSSR count). The maximum atomic E-state index is 11.8. The van der Waals surface area contributed by atoms with E-state index in [2.05, 4.69) is 5.32 Å². The minimum absolute atomic E-state index is 0.232. The highest BCUT2D eigenvalue weighted by molar-refractivity contribution is 5.97. The first-order chi connectivity index (χ1) is 8.18. The van der Waals surface area contributed by atoms with Crippen molar-refractivity contribution >= 4 is 17.7 Å². The van der Waals surface area contributed by atoms with Crippen LogP contribution in [0.3, 0.4) is 0 Å². The number of para-hydroxylation sites is 2. The van der Waals surface area contributed by atoms with Crippen molar-refractivity contribution in [2.24, 2.45) is 0 Å². The van der Waals surface area contributed by atoms with Crippen LogP contribution in [0.1, 0.15) is 0 Å². The SMILES string of the molecule is O=C(O)NCC(=O)N1CCOc2ccccc21. The number of carbonyl (C=O) groups excluding carboxylic acids is 1. The summed E-state index contributed by atoms with van der Waals surface area (Å²) < 4.78 is 5.40. The number of rotatable bonds is 2. The first-order valence-corrected chi connectivity index (χ1v) is 5.17. The zero-order valence-corrected chi connectivity index (χ0v) is 9.05. The van der Waals surface area contributed by atoms with E-state index in [1.807, 2.05) is 6.07 Å². The maximum absolute atomic E-state index is 11.8. The van der Waals surface area contributed by atoms with Gasteiger partial charge in [-0.3, -0.25) is 4.79 Å². The molecule has 6 heteroatoms. The third kappa shape index (κ3) is 2.47. The highest BCUT2D eigenvalue weighted by Gasteiger charge is 2.23. The summed E-state index contributed by atoms with van der Waals surface area (Å²) in [6.45, 7) is 0.608. The molecule has 0 aliphatic carbocycles. The lowest BCUT2D eigenvalue weighted by atomic mass is 10.2. The summed E-state index contributed by atoms with van der Waals surface area (Å²) in [5, 5.41) is 10.5. The molecule has 0 bridgehead atoms. The lowest BCUT2D eigenvalue weighted by Crippen LogP contribution is -2.43. The van der Waals surface area contributed by atoms with Crippen LogP contribution in [-0.2, 0) is 4.79 Å². The molecular formula is C11H12N2O4. The van der Waals surface area contributed by atoms with Crippen LogP contribution in [-0.4, -0.2) is 36.8 Å². The Kier molecular flexibility index (Phi) is 3.13. The van der Waals surface area contributed by atoms with E-state index in [0.29, 0.717) is 24.6 Å². The van der Waals surface area contributed by atoms with Gasteiger partial charge in [0.05, 0.1) is 12.2 Å². The molecule has 1 aliphatic rings. The summed E-state index contributed by atoms with van der Waals surface area (Å²) in [6, 6.07) is 7.17. The van der Waals surface area contributed by atoms with Crippen molar-refractivity contribution in [1.29, 1.82) is 0 Å². The van der Waals surface area contributed by atoms with Crippen LogP contribution in [0.25, 0.3) is 0 Å². The first-order valence-electron chi connectivity index (χ1n) is 5.17. The van der Waals surface area contributed by atoms with Crippen LogP contribution >= 0.6 is 0 Å². The van der Waals surface area contributed by atoms with Gasteiger partial charge < -0.3 is 20.1 Å². The second-order valence-corrected chi connectivity index (χ2v) is 3.52. The fourth-order valence-corrected chi connectivity index (χ4v) is 1.68. The summed E-state index contributed by atoms with van der Waals surface area (Å²) >= 11 is 0. The zero-order valence-electron chi connectivity index (χ0n) is 9.05. The Morgan fingerprint density at radius 1 is 1.41 bits per heavy atom. The predicted octanol–water partition coefficient (Wildman–Crippen LogP) is 0.680. The molecule has 90 valence electrons. The Bertz CT molecular complexity index is 447. The molecule has 1 heterocycles. The molecule has 0 fully saturated rings. The normalized spacial score (nSPS) is 13.5. The number of nitrogens with zero attached hydrogens (tertiary/aromatic N) is 1. The Balaban J connectivity index is 2.12. The molecule has 0 saturated carbocycles. The molecule has 1 aromatic rings. The minimum atomic E-state index is -1.21. The number of nitrogens with one attached hydrogen (secondary N) is 1. The van der Waals surface area contributed by atoms with Crippen LogP contribution in [0.4, 0.5) is 10.5 Å². The van der Waals surface area contributed by atoms with Crippen molar-refractivity contribution in [3.63, 3.8) is 0 Å². The Morgan fingerprint density at radius 2 is 2.18 bits per heavy atom. The molecule has 0 aromatic heterocycles. The van der Waals surface area contributed by atoms with Crippen LogP contribution in [0.15, 0.2) is 24.3 Å². The van der Waals surface area contributed by atoms with E-state index in [4.69, 9.17) is 9.84 Å². The number of hydrogen-bond acceptors (Lipinski definition) is 3. The predicted molar refractivity (Wildman–Crippen MR) is 60.3 cm³/mol. The largest absolute Gasteiger partial charge is 0.490 e. The van der Waals surface area contributed by atoms with Crippen molar-refractivity contribution in [1.82, 2.24) is 5.32 Å². The second kappa shape index (κ2) is 4.73. The molecule has 2 N–H and O–H groups in total. The molecular weight excluding hydrogens is 224 g/mol. The lowest BCUT2D eigenvalue weighted by Gasteiger charge is -2.29. The molecule has 2 amide bonds. The van der Waals surface area contributed by atoms with Crippen LogP contribution in [0.2, 0.25) is 0 Å². The van der Waals surface area contributed by atoms with Gasteiger partial charge in [0.15, 0.2) is 0 Å². The lowest BCUT2D eigenvalue weighted by molar-refractivity contribution is -0.118. The molecule has 0 unspecified atom stereocenters. The highest BCUT2D eigenvalue weighted by atomic mass is 16.5. The van der Waals surface area contributed by atoms with Gasteiger partial charge >= 0.3 is 6.09 Å². The second-order valence-electron chi connectivity index (χ2n) is 3.52. The third-order valence-corrected chi connectivity index (χ3v) is 2.42. The quantitative estimate of drug-likeness (QED) is 0.791. The average Bonchev–Trinajstić information content (AvgIpc) is 2.35. The van der Waals surface area contributed by atoms with Crippen molar-refractivity contribution in [2.75, 3.05) is 24.6 Å². The van der Waals surface area contributed by atoms with Crippen LogP contribution in [0, 0.1) is 0 Å². The van der Waals surface area contributed by atoms with E-state index in [1.165, 1.54) is 4.90 Å². The van der Waals surface area contributed by atoms with Gasteiger partial charge in [0.25, 0.3) is 0 Å². The summed E-state index contributed by atoms with van der Waals surface area (Å²) in [6.07, 6.45) is -1.21. The van der Waals surface area contributed by atoms with Gasteiger partial charge in [-0.15, -0.1) is 0 Å². The number of carbonyl (C=O) groups is 2. The smallest absolute Gasteiger partial charge is 0.405 e. The molecule has 17 heavy (non-hydrogen) atoms. The minimum Gasteiger partial charge on any atom is -0.490 e. The van der Waals surface area contributed by atoms with Gasteiger partial charge in [-0.1, -0.05) is 12.1 Å². The Labute approximate surface area is 97.8 Å². The molecule has 1 aromatic carbocycles. The van der Waals surface area contributed by atoms with E-state index in [-0.39, 0.29) is 12.5 Å². The number of fused-ring (bicyclic) bond motifs is 1. The average molecular weight is 236 g/mol. The summed E-state index contributed by atoms with van der Waals surface area (Å²) in [4.78, 5) is 23.7. The molecule has 0 radical (unpaired) electrons. The van der Waals surface area contributed by atoms with Crippen molar-refractivity contribution < 1.29 is 19.4 Å². The number of ether oxygens (including phenoxy) is 1. The van der Waals surface area contributed by atoms with E-state index >= 15 is 0 Å². The standard InChI is InChI=1S/C11H12N2O4/c14-10(7-12-11(15)16)13-5-6-17-9-4-2-1-3-8(9)13/h1-4,12H,5-7H2,(H,15,16). The van der Waals surface area contributed by atoms with Gasteiger partial charge in [0.2, 0.25) is 5.91 Å².